The largest absolute Gasteiger partial charge is 0.295 e. The van der Waals surface area contributed by atoms with Gasteiger partial charge in [-0.2, -0.15) is 10.4 Å². The molecule has 4 aromatic heterocycles. The lowest BCUT2D eigenvalue weighted by Gasteiger charge is -2.10. The predicted molar refractivity (Wildman–Crippen MR) is 99.2 cm³/mol. The van der Waals surface area contributed by atoms with Crippen LogP contribution in [0.5, 0.6) is 0 Å². The third kappa shape index (κ3) is 2.89. The van der Waals surface area contributed by atoms with Crippen LogP contribution in [-0.4, -0.2) is 29.4 Å². The molecule has 8 nitrogen and oxygen atoms in total. The summed E-state index contributed by atoms with van der Waals surface area (Å²) >= 11 is 0. The number of aromatic nitrogens is 6. The van der Waals surface area contributed by atoms with Gasteiger partial charge in [-0.05, 0) is 17.5 Å². The standard InChI is InChI=1S/C19H17N7O/c1-12(2)16-17(24-18-14(6-20)8-23-26(18)19(16)27)15-9-22-25(11-15)10-13-4-3-5-21-7-13/h3-5,7-9,11-12,23H,10H2,1-2H3. The first-order valence-electron chi connectivity index (χ1n) is 8.54. The quantitative estimate of drug-likeness (QED) is 0.602. The molecule has 0 saturated heterocycles. The maximum Gasteiger partial charge on any atom is 0.276 e. The van der Waals surface area contributed by atoms with E-state index in [2.05, 4.69) is 26.2 Å². The van der Waals surface area contributed by atoms with Gasteiger partial charge in [-0.15, -0.1) is 0 Å². The minimum atomic E-state index is -0.202. The van der Waals surface area contributed by atoms with Crippen LogP contribution in [0.1, 0.15) is 36.5 Å². The van der Waals surface area contributed by atoms with Crippen LogP contribution in [0.25, 0.3) is 16.9 Å². The second kappa shape index (κ2) is 6.53. The van der Waals surface area contributed by atoms with Crippen molar-refractivity contribution in [3.63, 3.8) is 0 Å². The number of hydrogen-bond donors (Lipinski definition) is 1. The molecule has 0 unspecified atom stereocenters. The molecule has 0 spiro atoms. The summed E-state index contributed by atoms with van der Waals surface area (Å²) < 4.78 is 3.10. The molecule has 1 N–H and O–H groups in total. The second-order valence-corrected chi connectivity index (χ2v) is 6.58. The van der Waals surface area contributed by atoms with Gasteiger partial charge in [-0.1, -0.05) is 19.9 Å². The minimum absolute atomic E-state index is 0.0348. The van der Waals surface area contributed by atoms with Crippen molar-refractivity contribution in [2.75, 3.05) is 0 Å². The number of H-pyrrole nitrogens is 1. The molecule has 27 heavy (non-hydrogen) atoms. The highest BCUT2D eigenvalue weighted by Crippen LogP contribution is 2.26. The maximum absolute atomic E-state index is 12.9. The Balaban J connectivity index is 1.85. The molecule has 0 saturated carbocycles. The lowest BCUT2D eigenvalue weighted by molar-refractivity contribution is 0.685. The first-order valence-corrected chi connectivity index (χ1v) is 8.54. The lowest BCUT2D eigenvalue weighted by atomic mass is 10.00. The van der Waals surface area contributed by atoms with Gasteiger partial charge in [0.1, 0.15) is 11.6 Å². The molecular weight excluding hydrogens is 342 g/mol. The van der Waals surface area contributed by atoms with E-state index in [1.165, 1.54) is 10.7 Å². The number of nitriles is 1. The molecule has 0 atom stereocenters. The Morgan fingerprint density at radius 1 is 1.33 bits per heavy atom. The Kier molecular flexibility index (Phi) is 4.05. The number of aromatic amines is 1. The van der Waals surface area contributed by atoms with E-state index in [-0.39, 0.29) is 11.5 Å². The SMILES string of the molecule is CC(C)c1c(-c2cnn(Cc3cccnc3)c2)nc2c(C#N)c[nH]n2c1=O. The summed E-state index contributed by atoms with van der Waals surface area (Å²) in [5.41, 5.74) is 3.35. The van der Waals surface area contributed by atoms with Gasteiger partial charge < -0.3 is 0 Å². The number of nitrogens with zero attached hydrogens (tertiary/aromatic N) is 6. The van der Waals surface area contributed by atoms with Crippen LogP contribution >= 0.6 is 0 Å². The monoisotopic (exact) mass is 359 g/mol. The summed E-state index contributed by atoms with van der Waals surface area (Å²) in [6.07, 6.45) is 8.55. The van der Waals surface area contributed by atoms with Crippen molar-refractivity contribution in [3.8, 4) is 17.3 Å². The zero-order valence-corrected chi connectivity index (χ0v) is 14.9. The van der Waals surface area contributed by atoms with E-state index in [4.69, 9.17) is 0 Å². The number of fused-ring (bicyclic) bond motifs is 1. The van der Waals surface area contributed by atoms with E-state index in [0.717, 1.165) is 11.1 Å². The number of pyridine rings is 1. The smallest absolute Gasteiger partial charge is 0.276 e. The van der Waals surface area contributed by atoms with Crippen LogP contribution in [0, 0.1) is 11.3 Å². The predicted octanol–water partition coefficient (Wildman–Crippen LogP) is 2.32. The molecule has 0 aliphatic heterocycles. The van der Waals surface area contributed by atoms with Crippen LogP contribution in [-0.2, 0) is 6.54 Å². The van der Waals surface area contributed by atoms with Crippen molar-refractivity contribution < 1.29 is 0 Å². The van der Waals surface area contributed by atoms with Crippen molar-refractivity contribution in [2.45, 2.75) is 26.3 Å². The number of rotatable bonds is 4. The highest BCUT2D eigenvalue weighted by molar-refractivity contribution is 5.67. The molecule has 0 aromatic carbocycles. The van der Waals surface area contributed by atoms with E-state index in [0.29, 0.717) is 29.0 Å². The van der Waals surface area contributed by atoms with Crippen LogP contribution in [0.2, 0.25) is 0 Å². The van der Waals surface area contributed by atoms with Gasteiger partial charge in [-0.3, -0.25) is 19.6 Å². The maximum atomic E-state index is 12.9. The summed E-state index contributed by atoms with van der Waals surface area (Å²) in [5.74, 6) is -0.0348. The molecule has 0 aliphatic carbocycles. The molecule has 4 heterocycles. The van der Waals surface area contributed by atoms with E-state index in [1.807, 2.05) is 32.2 Å². The van der Waals surface area contributed by atoms with Gasteiger partial charge in [0.05, 0.1) is 18.4 Å². The Morgan fingerprint density at radius 2 is 2.19 bits per heavy atom. The summed E-state index contributed by atoms with van der Waals surface area (Å²) in [6.45, 7) is 4.46. The highest BCUT2D eigenvalue weighted by atomic mass is 16.1. The van der Waals surface area contributed by atoms with E-state index < -0.39 is 0 Å². The summed E-state index contributed by atoms with van der Waals surface area (Å²) in [7, 11) is 0. The first kappa shape index (κ1) is 16.7. The van der Waals surface area contributed by atoms with Gasteiger partial charge in [0.2, 0.25) is 0 Å². The second-order valence-electron chi connectivity index (χ2n) is 6.58. The van der Waals surface area contributed by atoms with E-state index in [1.54, 1.807) is 23.3 Å². The summed E-state index contributed by atoms with van der Waals surface area (Å²) in [5, 5.41) is 16.5. The molecule has 0 fully saturated rings. The van der Waals surface area contributed by atoms with Crippen LogP contribution < -0.4 is 5.56 Å². The van der Waals surface area contributed by atoms with E-state index >= 15 is 0 Å². The lowest BCUT2D eigenvalue weighted by Crippen LogP contribution is -2.22. The summed E-state index contributed by atoms with van der Waals surface area (Å²) in [6, 6.07) is 5.91. The van der Waals surface area contributed by atoms with Crippen molar-refractivity contribution in [3.05, 3.63) is 70.2 Å². The highest BCUT2D eigenvalue weighted by Gasteiger charge is 2.20. The topological polar surface area (TPSA) is 105 Å². The fourth-order valence-corrected chi connectivity index (χ4v) is 3.10. The third-order valence-corrected chi connectivity index (χ3v) is 4.37. The van der Waals surface area contributed by atoms with Gasteiger partial charge in [0.25, 0.3) is 5.56 Å². The molecular formula is C19H17N7O. The number of nitrogens with one attached hydrogen (secondary N) is 1. The van der Waals surface area contributed by atoms with Gasteiger partial charge in [0.15, 0.2) is 5.65 Å². The first-order chi connectivity index (χ1) is 13.1. The Labute approximate surface area is 154 Å². The molecule has 0 aliphatic rings. The molecule has 0 radical (unpaired) electrons. The van der Waals surface area contributed by atoms with Crippen molar-refractivity contribution >= 4 is 5.65 Å². The van der Waals surface area contributed by atoms with E-state index in [9.17, 15) is 10.1 Å². The van der Waals surface area contributed by atoms with Crippen LogP contribution in [0.4, 0.5) is 0 Å². The zero-order valence-electron chi connectivity index (χ0n) is 14.9. The summed E-state index contributed by atoms with van der Waals surface area (Å²) in [4.78, 5) is 21.7. The van der Waals surface area contributed by atoms with Crippen LogP contribution in [0.15, 0.2) is 47.9 Å². The molecule has 0 amide bonds. The Hall–Kier alpha value is -3.73. The Morgan fingerprint density at radius 3 is 2.89 bits per heavy atom. The van der Waals surface area contributed by atoms with Crippen LogP contribution in [0.3, 0.4) is 0 Å². The zero-order chi connectivity index (χ0) is 19.0. The average Bonchev–Trinajstić information content (AvgIpc) is 3.28. The van der Waals surface area contributed by atoms with Gasteiger partial charge >= 0.3 is 0 Å². The average molecular weight is 359 g/mol. The van der Waals surface area contributed by atoms with Crippen molar-refractivity contribution in [2.24, 2.45) is 0 Å². The molecule has 4 aromatic rings. The molecule has 0 bridgehead atoms. The molecule has 134 valence electrons. The number of hydrogen-bond acceptors (Lipinski definition) is 5. The fraction of sp³-hybridized carbons (Fsp3) is 0.211. The fourth-order valence-electron chi connectivity index (χ4n) is 3.10. The molecule has 8 heteroatoms. The Bertz CT molecular complexity index is 1210. The van der Waals surface area contributed by atoms with Gasteiger partial charge in [0, 0.05) is 35.9 Å². The van der Waals surface area contributed by atoms with Crippen molar-refractivity contribution in [1.29, 1.82) is 5.26 Å². The molecule has 4 rings (SSSR count). The minimum Gasteiger partial charge on any atom is -0.295 e. The van der Waals surface area contributed by atoms with Crippen molar-refractivity contribution in [1.82, 2.24) is 29.4 Å². The van der Waals surface area contributed by atoms with Gasteiger partial charge in [-0.25, -0.2) is 9.50 Å². The third-order valence-electron chi connectivity index (χ3n) is 4.37. The normalized spacial score (nSPS) is 11.2.